The first-order valence-electron chi connectivity index (χ1n) is 6.57. The SMILES string of the molecule is Cc1ccc(C(c2ccc(N)cc2)(C(F)(F)F)C(F)(F)F)cc1. The molecule has 1 nitrogen and oxygen atoms in total. The lowest BCUT2D eigenvalue weighted by Crippen LogP contribution is -2.54. The van der Waals surface area contributed by atoms with Crippen LogP contribution in [-0.2, 0) is 5.41 Å². The van der Waals surface area contributed by atoms with Gasteiger partial charge in [-0.05, 0) is 30.2 Å². The lowest BCUT2D eigenvalue weighted by Gasteiger charge is -2.38. The first kappa shape index (κ1) is 17.2. The topological polar surface area (TPSA) is 26.0 Å². The third-order valence-electron chi connectivity index (χ3n) is 3.68. The Morgan fingerprint density at radius 3 is 1.35 bits per heavy atom. The number of benzene rings is 2. The summed E-state index contributed by atoms with van der Waals surface area (Å²) < 4.78 is 82.2. The molecular formula is C16H13F6N. The third kappa shape index (κ3) is 2.75. The summed E-state index contributed by atoms with van der Waals surface area (Å²) in [6.07, 6.45) is -11.1. The second-order valence-electron chi connectivity index (χ2n) is 5.23. The average molecular weight is 333 g/mol. The van der Waals surface area contributed by atoms with Gasteiger partial charge >= 0.3 is 12.4 Å². The molecule has 0 aliphatic rings. The zero-order valence-corrected chi connectivity index (χ0v) is 12.0. The van der Waals surface area contributed by atoms with Crippen LogP contribution in [0.4, 0.5) is 32.0 Å². The van der Waals surface area contributed by atoms with Gasteiger partial charge in [0.05, 0.1) is 0 Å². The van der Waals surface area contributed by atoms with Crippen LogP contribution in [0.5, 0.6) is 0 Å². The quantitative estimate of drug-likeness (QED) is 0.608. The molecule has 0 amide bonds. The summed E-state index contributed by atoms with van der Waals surface area (Å²) in [4.78, 5) is 0. The minimum Gasteiger partial charge on any atom is -0.399 e. The second kappa shape index (κ2) is 5.47. The van der Waals surface area contributed by atoms with Gasteiger partial charge in [0.15, 0.2) is 0 Å². The van der Waals surface area contributed by atoms with Crippen molar-refractivity contribution in [2.24, 2.45) is 0 Å². The molecule has 124 valence electrons. The number of hydrogen-bond acceptors (Lipinski definition) is 1. The van der Waals surface area contributed by atoms with Crippen molar-refractivity contribution < 1.29 is 26.3 Å². The fraction of sp³-hybridized carbons (Fsp3) is 0.250. The molecule has 23 heavy (non-hydrogen) atoms. The summed E-state index contributed by atoms with van der Waals surface area (Å²) >= 11 is 0. The van der Waals surface area contributed by atoms with Gasteiger partial charge < -0.3 is 5.73 Å². The fourth-order valence-electron chi connectivity index (χ4n) is 2.52. The van der Waals surface area contributed by atoms with Crippen LogP contribution in [0.15, 0.2) is 48.5 Å². The minimum absolute atomic E-state index is 0.0795. The lowest BCUT2D eigenvalue weighted by atomic mass is 9.72. The van der Waals surface area contributed by atoms with Gasteiger partial charge in [-0.1, -0.05) is 42.0 Å². The Bertz CT molecular complexity index is 606. The van der Waals surface area contributed by atoms with Crippen molar-refractivity contribution >= 4 is 5.69 Å². The first-order valence-corrected chi connectivity index (χ1v) is 6.57. The Labute approximate surface area is 128 Å². The molecule has 0 unspecified atom stereocenters. The standard InChI is InChI=1S/C16H13F6N/c1-10-2-4-11(5-3-10)14(15(17,18)19,16(20,21)22)12-6-8-13(23)9-7-12/h2-9H,23H2,1H3. The minimum atomic E-state index is -5.57. The van der Waals surface area contributed by atoms with E-state index in [1.54, 1.807) is 6.92 Å². The van der Waals surface area contributed by atoms with Gasteiger partial charge in [0.2, 0.25) is 5.41 Å². The molecule has 2 N–H and O–H groups in total. The van der Waals surface area contributed by atoms with E-state index in [0.29, 0.717) is 5.56 Å². The van der Waals surface area contributed by atoms with E-state index in [9.17, 15) is 26.3 Å². The van der Waals surface area contributed by atoms with Gasteiger partial charge in [-0.15, -0.1) is 0 Å². The van der Waals surface area contributed by atoms with Crippen LogP contribution in [0, 0.1) is 6.92 Å². The van der Waals surface area contributed by atoms with Crippen molar-refractivity contribution in [3.05, 3.63) is 65.2 Å². The number of anilines is 1. The largest absolute Gasteiger partial charge is 0.411 e. The average Bonchev–Trinajstić information content (AvgIpc) is 2.40. The second-order valence-corrected chi connectivity index (χ2v) is 5.23. The highest BCUT2D eigenvalue weighted by Gasteiger charge is 2.72. The maximum absolute atomic E-state index is 13.7. The first-order chi connectivity index (χ1) is 10.5. The van der Waals surface area contributed by atoms with E-state index >= 15 is 0 Å². The Kier molecular flexibility index (Phi) is 4.09. The summed E-state index contributed by atoms with van der Waals surface area (Å²) in [6.45, 7) is 1.58. The summed E-state index contributed by atoms with van der Waals surface area (Å²) in [6, 6.07) is 7.72. The molecule has 0 saturated heterocycles. The van der Waals surface area contributed by atoms with E-state index in [0.717, 1.165) is 36.4 Å². The molecule has 0 atom stereocenters. The molecular weight excluding hydrogens is 320 g/mol. The zero-order chi connectivity index (χ0) is 17.5. The molecule has 0 aromatic heterocycles. The molecule has 2 rings (SSSR count). The number of hydrogen-bond donors (Lipinski definition) is 1. The van der Waals surface area contributed by atoms with Crippen molar-refractivity contribution in [2.75, 3.05) is 5.73 Å². The van der Waals surface area contributed by atoms with Crippen LogP contribution in [0.2, 0.25) is 0 Å². The molecule has 0 spiro atoms. The van der Waals surface area contributed by atoms with Crippen LogP contribution in [0.1, 0.15) is 16.7 Å². The number of alkyl halides is 6. The summed E-state index contributed by atoms with van der Waals surface area (Å²) in [5.74, 6) is 0. The number of aryl methyl sites for hydroxylation is 1. The van der Waals surface area contributed by atoms with Crippen molar-refractivity contribution in [3.63, 3.8) is 0 Å². The highest BCUT2D eigenvalue weighted by atomic mass is 19.4. The highest BCUT2D eigenvalue weighted by molar-refractivity contribution is 5.49. The monoisotopic (exact) mass is 333 g/mol. The predicted molar refractivity (Wildman–Crippen MR) is 74.9 cm³/mol. The molecule has 2 aromatic carbocycles. The molecule has 0 aliphatic heterocycles. The number of nitrogens with two attached hydrogens (primary N) is 1. The molecule has 0 bridgehead atoms. The van der Waals surface area contributed by atoms with E-state index in [4.69, 9.17) is 5.73 Å². The van der Waals surface area contributed by atoms with Gasteiger partial charge in [-0.2, -0.15) is 26.3 Å². The van der Waals surface area contributed by atoms with Crippen molar-refractivity contribution in [2.45, 2.75) is 24.7 Å². The summed E-state index contributed by atoms with van der Waals surface area (Å²) in [5, 5.41) is 0. The van der Waals surface area contributed by atoms with Crippen molar-refractivity contribution in [1.82, 2.24) is 0 Å². The Morgan fingerprint density at radius 1 is 0.652 bits per heavy atom. The van der Waals surface area contributed by atoms with Gasteiger partial charge in [0.25, 0.3) is 0 Å². The van der Waals surface area contributed by atoms with Crippen LogP contribution in [0.25, 0.3) is 0 Å². The van der Waals surface area contributed by atoms with Crippen LogP contribution in [-0.4, -0.2) is 12.4 Å². The molecule has 2 aromatic rings. The van der Waals surface area contributed by atoms with Gasteiger partial charge in [0, 0.05) is 5.69 Å². The Morgan fingerprint density at radius 2 is 1.00 bits per heavy atom. The highest BCUT2D eigenvalue weighted by Crippen LogP contribution is 2.56. The smallest absolute Gasteiger partial charge is 0.399 e. The van der Waals surface area contributed by atoms with Crippen molar-refractivity contribution in [3.8, 4) is 0 Å². The van der Waals surface area contributed by atoms with E-state index in [1.807, 2.05) is 0 Å². The van der Waals surface area contributed by atoms with E-state index in [1.165, 1.54) is 12.1 Å². The molecule has 7 heteroatoms. The Balaban J connectivity index is 2.86. The zero-order valence-electron chi connectivity index (χ0n) is 12.0. The third-order valence-corrected chi connectivity index (χ3v) is 3.68. The number of rotatable bonds is 2. The Hall–Kier alpha value is -2.18. The summed E-state index contributed by atoms with van der Waals surface area (Å²) in [7, 11) is 0. The van der Waals surface area contributed by atoms with E-state index < -0.39 is 28.9 Å². The number of halogens is 6. The van der Waals surface area contributed by atoms with E-state index in [2.05, 4.69) is 0 Å². The van der Waals surface area contributed by atoms with Gasteiger partial charge in [0.1, 0.15) is 0 Å². The van der Waals surface area contributed by atoms with E-state index in [-0.39, 0.29) is 5.69 Å². The van der Waals surface area contributed by atoms with Gasteiger partial charge in [-0.25, -0.2) is 0 Å². The van der Waals surface area contributed by atoms with Crippen LogP contribution >= 0.6 is 0 Å². The molecule has 0 fully saturated rings. The molecule has 0 aliphatic carbocycles. The molecule has 0 radical (unpaired) electrons. The van der Waals surface area contributed by atoms with Crippen LogP contribution in [0.3, 0.4) is 0 Å². The predicted octanol–water partition coefficient (Wildman–Crippen LogP) is 4.99. The lowest BCUT2D eigenvalue weighted by molar-refractivity contribution is -0.288. The summed E-state index contributed by atoms with van der Waals surface area (Å²) in [5.41, 5.74) is 0.111. The normalized spacial score (nSPS) is 13.2. The molecule has 0 saturated carbocycles. The fourth-order valence-corrected chi connectivity index (χ4v) is 2.52. The maximum atomic E-state index is 13.7. The van der Waals surface area contributed by atoms with Crippen LogP contribution < -0.4 is 5.73 Å². The molecule has 0 heterocycles. The maximum Gasteiger partial charge on any atom is 0.411 e. The van der Waals surface area contributed by atoms with Gasteiger partial charge in [-0.3, -0.25) is 0 Å². The number of nitrogen functional groups attached to an aromatic ring is 1. The van der Waals surface area contributed by atoms with Crippen molar-refractivity contribution in [1.29, 1.82) is 0 Å².